The van der Waals surface area contributed by atoms with Crippen LogP contribution in [0.2, 0.25) is 0 Å². The molecule has 0 radical (unpaired) electrons. The van der Waals surface area contributed by atoms with Crippen LogP contribution in [0.25, 0.3) is 0 Å². The van der Waals surface area contributed by atoms with Gasteiger partial charge in [0.15, 0.2) is 11.5 Å². The van der Waals surface area contributed by atoms with Crippen molar-refractivity contribution in [1.82, 2.24) is 5.32 Å². The average Bonchev–Trinajstić information content (AvgIpc) is 2.53. The van der Waals surface area contributed by atoms with Gasteiger partial charge < -0.3 is 19.5 Å². The highest BCUT2D eigenvalue weighted by atomic mass is 16.6. The first-order chi connectivity index (χ1) is 10.0. The Bertz CT molecular complexity index is 490. The second-order valence-corrected chi connectivity index (χ2v) is 3.42. The number of amides is 1. The molecule has 0 aliphatic heterocycles. The third-order valence-corrected chi connectivity index (χ3v) is 2.34. The van der Waals surface area contributed by atoms with E-state index in [1.165, 1.54) is 33.4 Å². The van der Waals surface area contributed by atoms with Crippen LogP contribution in [0, 0.1) is 10.1 Å². The van der Waals surface area contributed by atoms with Crippen LogP contribution in [0.1, 0.15) is 19.4 Å². The fraction of sp³-hybridized carbons (Fsp3) is 0.462. The molecule has 8 nitrogen and oxygen atoms in total. The van der Waals surface area contributed by atoms with Gasteiger partial charge in [-0.05, 0) is 6.07 Å². The molecule has 21 heavy (non-hydrogen) atoms. The van der Waals surface area contributed by atoms with Crippen LogP contribution in [0.4, 0.5) is 10.5 Å². The zero-order valence-electron chi connectivity index (χ0n) is 12.8. The Morgan fingerprint density at radius 2 is 1.76 bits per heavy atom. The molecule has 0 bridgehead atoms. The second-order valence-electron chi connectivity index (χ2n) is 3.42. The minimum absolute atomic E-state index is 0.207. The van der Waals surface area contributed by atoms with Crippen molar-refractivity contribution >= 4 is 11.8 Å². The lowest BCUT2D eigenvalue weighted by atomic mass is 10.1. The molecule has 0 heterocycles. The van der Waals surface area contributed by atoms with Gasteiger partial charge in [-0.1, -0.05) is 13.8 Å². The van der Waals surface area contributed by atoms with Gasteiger partial charge in [0.1, 0.15) is 6.61 Å². The van der Waals surface area contributed by atoms with Gasteiger partial charge in [0.2, 0.25) is 0 Å². The number of carbonyl (C=O) groups is 1. The van der Waals surface area contributed by atoms with Crippen molar-refractivity contribution in [3.8, 4) is 11.5 Å². The molecule has 8 heteroatoms. The van der Waals surface area contributed by atoms with Gasteiger partial charge in [0.25, 0.3) is 5.69 Å². The smallest absolute Gasteiger partial charge is 0.407 e. The Labute approximate surface area is 123 Å². The van der Waals surface area contributed by atoms with E-state index in [-0.39, 0.29) is 23.6 Å². The van der Waals surface area contributed by atoms with E-state index in [2.05, 4.69) is 5.32 Å². The summed E-state index contributed by atoms with van der Waals surface area (Å²) in [5, 5.41) is 13.2. The van der Waals surface area contributed by atoms with E-state index in [1.54, 1.807) is 0 Å². The molecule has 0 fully saturated rings. The maximum Gasteiger partial charge on any atom is 0.407 e. The molecule has 0 saturated carbocycles. The molecule has 0 aliphatic carbocycles. The van der Waals surface area contributed by atoms with Gasteiger partial charge in [0.05, 0.1) is 30.8 Å². The van der Waals surface area contributed by atoms with E-state index in [1.807, 2.05) is 13.8 Å². The normalized spacial score (nSPS) is 9.00. The lowest BCUT2D eigenvalue weighted by Gasteiger charge is -2.10. The minimum Gasteiger partial charge on any atom is -0.493 e. The Morgan fingerprint density at radius 3 is 2.19 bits per heavy atom. The first kappa shape index (κ1) is 18.5. The number of nitrogens with zero attached hydrogens (tertiary/aromatic N) is 1. The number of methoxy groups -OCH3 is 2. The van der Waals surface area contributed by atoms with Gasteiger partial charge in [-0.15, -0.1) is 0 Å². The number of benzene rings is 1. The van der Waals surface area contributed by atoms with Crippen LogP contribution in [-0.4, -0.2) is 32.3 Å². The molecule has 1 amide bonds. The Kier molecular flexibility index (Phi) is 8.28. The van der Waals surface area contributed by atoms with E-state index >= 15 is 0 Å². The lowest BCUT2D eigenvalue weighted by molar-refractivity contribution is -0.385. The summed E-state index contributed by atoms with van der Waals surface area (Å²) in [5.41, 5.74) is 0.00723. The third-order valence-electron chi connectivity index (χ3n) is 2.34. The SMILES string of the molecule is CC.CNC(=O)OCc1cc(OC)c(OC)cc1[N+](=O)[O-]. The molecule has 0 unspecified atom stereocenters. The van der Waals surface area contributed by atoms with Crippen LogP contribution in [0.5, 0.6) is 11.5 Å². The van der Waals surface area contributed by atoms with E-state index in [0.29, 0.717) is 5.75 Å². The van der Waals surface area contributed by atoms with Crippen molar-refractivity contribution in [3.63, 3.8) is 0 Å². The van der Waals surface area contributed by atoms with Gasteiger partial charge in [-0.2, -0.15) is 0 Å². The monoisotopic (exact) mass is 300 g/mol. The summed E-state index contributed by atoms with van der Waals surface area (Å²) in [4.78, 5) is 21.4. The first-order valence-corrected chi connectivity index (χ1v) is 6.27. The maximum atomic E-state index is 11.0. The van der Waals surface area contributed by atoms with Crippen molar-refractivity contribution < 1.29 is 23.9 Å². The van der Waals surface area contributed by atoms with Crippen molar-refractivity contribution in [2.24, 2.45) is 0 Å². The molecule has 0 aromatic heterocycles. The predicted octanol–water partition coefficient (Wildman–Crippen LogP) is 2.49. The Balaban J connectivity index is 0.00000191. The molecule has 118 valence electrons. The number of hydrogen-bond acceptors (Lipinski definition) is 6. The number of nitro benzene ring substituents is 1. The summed E-state index contributed by atoms with van der Waals surface area (Å²) in [7, 11) is 4.18. The van der Waals surface area contributed by atoms with Crippen LogP contribution in [0.15, 0.2) is 12.1 Å². The number of nitrogens with one attached hydrogen (secondary N) is 1. The maximum absolute atomic E-state index is 11.0. The largest absolute Gasteiger partial charge is 0.493 e. The highest BCUT2D eigenvalue weighted by molar-refractivity contribution is 5.67. The molecular formula is C13H20N2O6. The summed E-state index contributed by atoms with van der Waals surface area (Å²) in [6.45, 7) is 3.76. The molecular weight excluding hydrogens is 280 g/mol. The van der Waals surface area contributed by atoms with Gasteiger partial charge >= 0.3 is 6.09 Å². The minimum atomic E-state index is -0.677. The molecule has 0 aliphatic rings. The van der Waals surface area contributed by atoms with Crippen LogP contribution in [0.3, 0.4) is 0 Å². The predicted molar refractivity (Wildman–Crippen MR) is 76.8 cm³/mol. The topological polar surface area (TPSA) is 99.9 Å². The van der Waals surface area contributed by atoms with E-state index in [9.17, 15) is 14.9 Å². The van der Waals surface area contributed by atoms with Crippen LogP contribution >= 0.6 is 0 Å². The molecule has 0 spiro atoms. The van der Waals surface area contributed by atoms with Crippen LogP contribution in [-0.2, 0) is 11.3 Å². The molecule has 1 aromatic carbocycles. The molecule has 1 rings (SSSR count). The first-order valence-electron chi connectivity index (χ1n) is 6.27. The van der Waals surface area contributed by atoms with Gasteiger partial charge in [0, 0.05) is 7.05 Å². The van der Waals surface area contributed by atoms with Crippen molar-refractivity contribution in [2.75, 3.05) is 21.3 Å². The standard InChI is InChI=1S/C11H14N2O6.C2H6/c1-12-11(14)19-6-7-4-9(17-2)10(18-3)5-8(7)13(15)16;1-2/h4-5H,6H2,1-3H3,(H,12,14);1-2H3. The highest BCUT2D eigenvalue weighted by Gasteiger charge is 2.20. The van der Waals surface area contributed by atoms with Crippen molar-refractivity contribution in [1.29, 1.82) is 0 Å². The summed E-state index contributed by atoms with van der Waals surface area (Å²) in [5.74, 6) is 0.557. The Morgan fingerprint density at radius 1 is 1.24 bits per heavy atom. The lowest BCUT2D eigenvalue weighted by Crippen LogP contribution is -2.19. The number of rotatable bonds is 5. The average molecular weight is 300 g/mol. The summed E-state index contributed by atoms with van der Waals surface area (Å²) < 4.78 is 14.8. The van der Waals surface area contributed by atoms with Crippen molar-refractivity contribution in [3.05, 3.63) is 27.8 Å². The van der Waals surface area contributed by atoms with Gasteiger partial charge in [-0.3, -0.25) is 10.1 Å². The zero-order valence-corrected chi connectivity index (χ0v) is 12.8. The molecule has 0 saturated heterocycles. The summed E-state index contributed by atoms with van der Waals surface area (Å²) in [6, 6.07) is 2.63. The number of ether oxygens (including phenoxy) is 3. The zero-order chi connectivity index (χ0) is 16.4. The van der Waals surface area contributed by atoms with Crippen molar-refractivity contribution in [2.45, 2.75) is 20.5 Å². The second kappa shape index (κ2) is 9.40. The summed E-state index contributed by atoms with van der Waals surface area (Å²) in [6.07, 6.45) is -0.677. The highest BCUT2D eigenvalue weighted by Crippen LogP contribution is 2.34. The molecule has 1 N–H and O–H groups in total. The van der Waals surface area contributed by atoms with E-state index < -0.39 is 11.0 Å². The Hall–Kier alpha value is -2.51. The summed E-state index contributed by atoms with van der Waals surface area (Å²) >= 11 is 0. The number of hydrogen-bond donors (Lipinski definition) is 1. The van der Waals surface area contributed by atoms with Crippen LogP contribution < -0.4 is 14.8 Å². The number of alkyl carbamates (subject to hydrolysis) is 1. The third kappa shape index (κ3) is 5.17. The van der Waals surface area contributed by atoms with E-state index in [4.69, 9.17) is 14.2 Å². The van der Waals surface area contributed by atoms with E-state index in [0.717, 1.165) is 0 Å². The fourth-order valence-corrected chi connectivity index (χ4v) is 1.41. The molecule has 1 aromatic rings. The number of nitro groups is 1. The number of carbonyl (C=O) groups excluding carboxylic acids is 1. The quantitative estimate of drug-likeness (QED) is 0.662. The van der Waals surface area contributed by atoms with Gasteiger partial charge in [-0.25, -0.2) is 4.79 Å². The molecule has 0 atom stereocenters. The fourth-order valence-electron chi connectivity index (χ4n) is 1.41.